The molecule has 25 heavy (non-hydrogen) atoms. The van der Waals surface area contributed by atoms with E-state index in [1.807, 2.05) is 6.92 Å². The van der Waals surface area contributed by atoms with Gasteiger partial charge in [-0.1, -0.05) is 12.1 Å². The molecule has 132 valence electrons. The van der Waals surface area contributed by atoms with Crippen LogP contribution in [0.2, 0.25) is 0 Å². The monoisotopic (exact) mass is 344 g/mol. The predicted octanol–water partition coefficient (Wildman–Crippen LogP) is 2.62. The lowest BCUT2D eigenvalue weighted by Crippen LogP contribution is -2.37. The summed E-state index contributed by atoms with van der Waals surface area (Å²) in [6, 6.07) is 13.0. The summed E-state index contributed by atoms with van der Waals surface area (Å²) in [4.78, 5) is 22.5. The Labute approximate surface area is 145 Å². The summed E-state index contributed by atoms with van der Waals surface area (Å²) >= 11 is 0. The van der Waals surface area contributed by atoms with Gasteiger partial charge in [0.25, 0.3) is 0 Å². The summed E-state index contributed by atoms with van der Waals surface area (Å²) < 4.78 is 10.7. The summed E-state index contributed by atoms with van der Waals surface area (Å²) in [7, 11) is 0. The lowest BCUT2D eigenvalue weighted by atomic mass is 10.1. The van der Waals surface area contributed by atoms with E-state index in [0.717, 1.165) is 11.3 Å². The minimum Gasteiger partial charge on any atom is -0.494 e. The van der Waals surface area contributed by atoms with Crippen LogP contribution in [0.1, 0.15) is 22.8 Å². The SMILES string of the molecule is CCOc1ccc(OCNC(=O)NCc2ccc(C(=O)O)cc2)cc1. The van der Waals surface area contributed by atoms with Gasteiger partial charge in [-0.3, -0.25) is 0 Å². The molecule has 0 aliphatic carbocycles. The highest BCUT2D eigenvalue weighted by Crippen LogP contribution is 2.17. The normalized spacial score (nSPS) is 9.96. The lowest BCUT2D eigenvalue weighted by molar-refractivity contribution is 0.0697. The zero-order valence-corrected chi connectivity index (χ0v) is 13.8. The summed E-state index contributed by atoms with van der Waals surface area (Å²) in [6.07, 6.45) is 0. The van der Waals surface area contributed by atoms with Crippen LogP contribution in [0.4, 0.5) is 4.79 Å². The zero-order valence-electron chi connectivity index (χ0n) is 13.8. The minimum atomic E-state index is -0.983. The number of carbonyl (C=O) groups is 2. The first-order chi connectivity index (χ1) is 12.1. The molecule has 0 radical (unpaired) electrons. The number of aromatic carboxylic acids is 1. The number of urea groups is 1. The highest BCUT2D eigenvalue weighted by Gasteiger charge is 2.04. The van der Waals surface area contributed by atoms with Crippen molar-refractivity contribution in [3.63, 3.8) is 0 Å². The molecular formula is C18H20N2O5. The molecule has 0 saturated carbocycles. The van der Waals surface area contributed by atoms with E-state index in [1.165, 1.54) is 12.1 Å². The predicted molar refractivity (Wildman–Crippen MR) is 91.9 cm³/mol. The van der Waals surface area contributed by atoms with E-state index < -0.39 is 5.97 Å². The summed E-state index contributed by atoms with van der Waals surface area (Å²) in [6.45, 7) is 2.82. The second-order valence-corrected chi connectivity index (χ2v) is 5.05. The van der Waals surface area contributed by atoms with Gasteiger partial charge in [-0.15, -0.1) is 0 Å². The van der Waals surface area contributed by atoms with Crippen molar-refractivity contribution in [2.24, 2.45) is 0 Å². The van der Waals surface area contributed by atoms with Gasteiger partial charge in [0, 0.05) is 6.54 Å². The number of nitrogens with one attached hydrogen (secondary N) is 2. The maximum atomic E-state index is 11.7. The molecule has 3 N–H and O–H groups in total. The fourth-order valence-electron chi connectivity index (χ4n) is 1.99. The molecule has 7 heteroatoms. The first-order valence-electron chi connectivity index (χ1n) is 7.78. The maximum Gasteiger partial charge on any atom is 0.335 e. The van der Waals surface area contributed by atoms with Crippen LogP contribution in [0.25, 0.3) is 0 Å². The Kier molecular flexibility index (Phi) is 6.65. The molecule has 0 saturated heterocycles. The minimum absolute atomic E-state index is 0.0256. The molecule has 0 heterocycles. The number of hydrogen-bond donors (Lipinski definition) is 3. The van der Waals surface area contributed by atoms with Gasteiger partial charge < -0.3 is 25.2 Å². The van der Waals surface area contributed by atoms with Crippen LogP contribution in [-0.4, -0.2) is 30.4 Å². The van der Waals surface area contributed by atoms with Crippen LogP contribution in [0.5, 0.6) is 11.5 Å². The smallest absolute Gasteiger partial charge is 0.335 e. The van der Waals surface area contributed by atoms with Gasteiger partial charge >= 0.3 is 12.0 Å². The second kappa shape index (κ2) is 9.17. The van der Waals surface area contributed by atoms with E-state index >= 15 is 0 Å². The highest BCUT2D eigenvalue weighted by atomic mass is 16.5. The molecule has 2 aromatic carbocycles. The first-order valence-corrected chi connectivity index (χ1v) is 7.78. The van der Waals surface area contributed by atoms with E-state index in [9.17, 15) is 9.59 Å². The Morgan fingerprint density at radius 3 is 2.08 bits per heavy atom. The van der Waals surface area contributed by atoms with Crippen LogP contribution in [-0.2, 0) is 6.54 Å². The third kappa shape index (κ3) is 6.06. The first kappa shape index (κ1) is 18.1. The molecule has 7 nitrogen and oxygen atoms in total. The van der Waals surface area contributed by atoms with Crippen molar-refractivity contribution in [2.75, 3.05) is 13.3 Å². The fourth-order valence-corrected chi connectivity index (χ4v) is 1.99. The number of rotatable bonds is 8. The van der Waals surface area contributed by atoms with Gasteiger partial charge in [-0.05, 0) is 48.9 Å². The van der Waals surface area contributed by atoms with Crippen molar-refractivity contribution >= 4 is 12.0 Å². The molecular weight excluding hydrogens is 324 g/mol. The molecule has 0 bridgehead atoms. The van der Waals surface area contributed by atoms with Gasteiger partial charge in [-0.2, -0.15) is 0 Å². The van der Waals surface area contributed by atoms with Crippen LogP contribution in [0, 0.1) is 0 Å². The Morgan fingerprint density at radius 2 is 1.52 bits per heavy atom. The number of amides is 2. The van der Waals surface area contributed by atoms with E-state index in [0.29, 0.717) is 12.4 Å². The highest BCUT2D eigenvalue weighted by molar-refractivity contribution is 5.87. The van der Waals surface area contributed by atoms with Crippen LogP contribution in [0.15, 0.2) is 48.5 Å². The van der Waals surface area contributed by atoms with Gasteiger partial charge in [0.15, 0.2) is 6.73 Å². The Morgan fingerprint density at radius 1 is 0.920 bits per heavy atom. The zero-order chi connectivity index (χ0) is 18.1. The number of carboxylic acid groups (broad SMARTS) is 1. The van der Waals surface area contributed by atoms with Gasteiger partial charge in [0.05, 0.1) is 12.2 Å². The number of carboxylic acids is 1. The van der Waals surface area contributed by atoms with Gasteiger partial charge in [0.2, 0.25) is 0 Å². The molecule has 2 aromatic rings. The van der Waals surface area contributed by atoms with Crippen LogP contribution < -0.4 is 20.1 Å². The molecule has 0 fully saturated rings. The van der Waals surface area contributed by atoms with Crippen molar-refractivity contribution in [3.8, 4) is 11.5 Å². The third-order valence-electron chi connectivity index (χ3n) is 3.26. The second-order valence-electron chi connectivity index (χ2n) is 5.05. The van der Waals surface area contributed by atoms with E-state index in [-0.39, 0.29) is 24.9 Å². The van der Waals surface area contributed by atoms with E-state index in [1.54, 1.807) is 36.4 Å². The number of carbonyl (C=O) groups excluding carboxylic acids is 1. The Bertz CT molecular complexity index is 698. The molecule has 0 unspecified atom stereocenters. The quantitative estimate of drug-likeness (QED) is 0.640. The topological polar surface area (TPSA) is 96.9 Å². The average Bonchev–Trinajstić information content (AvgIpc) is 2.62. The van der Waals surface area contributed by atoms with Crippen molar-refractivity contribution in [3.05, 3.63) is 59.7 Å². The van der Waals surface area contributed by atoms with Crippen LogP contribution >= 0.6 is 0 Å². The van der Waals surface area contributed by atoms with Gasteiger partial charge in [0.1, 0.15) is 11.5 Å². The molecule has 0 aromatic heterocycles. The molecule has 0 atom stereocenters. The van der Waals surface area contributed by atoms with E-state index in [2.05, 4.69) is 10.6 Å². The van der Waals surface area contributed by atoms with Crippen molar-refractivity contribution in [2.45, 2.75) is 13.5 Å². The summed E-state index contributed by atoms with van der Waals surface area (Å²) in [5, 5.41) is 14.1. The van der Waals surface area contributed by atoms with Crippen LogP contribution in [0.3, 0.4) is 0 Å². The van der Waals surface area contributed by atoms with Crippen molar-refractivity contribution in [1.29, 1.82) is 0 Å². The van der Waals surface area contributed by atoms with Crippen molar-refractivity contribution in [1.82, 2.24) is 10.6 Å². The number of hydrogen-bond acceptors (Lipinski definition) is 4. The van der Waals surface area contributed by atoms with Gasteiger partial charge in [-0.25, -0.2) is 9.59 Å². The fraction of sp³-hybridized carbons (Fsp3) is 0.222. The Balaban J connectivity index is 1.69. The van der Waals surface area contributed by atoms with Crippen molar-refractivity contribution < 1.29 is 24.2 Å². The molecule has 0 aliphatic heterocycles. The average molecular weight is 344 g/mol. The summed E-state index contributed by atoms with van der Waals surface area (Å²) in [5.74, 6) is 0.395. The van der Waals surface area contributed by atoms with E-state index in [4.69, 9.17) is 14.6 Å². The molecule has 2 rings (SSSR count). The number of ether oxygens (including phenoxy) is 2. The maximum absolute atomic E-state index is 11.7. The summed E-state index contributed by atoms with van der Waals surface area (Å²) in [5.41, 5.74) is 1.00. The third-order valence-corrected chi connectivity index (χ3v) is 3.26. The lowest BCUT2D eigenvalue weighted by Gasteiger charge is -2.10. The number of benzene rings is 2. The largest absolute Gasteiger partial charge is 0.494 e. The molecule has 0 spiro atoms. The molecule has 0 aliphatic rings. The standard InChI is InChI=1S/C18H20N2O5/c1-2-24-15-7-9-16(10-8-15)25-12-20-18(23)19-11-13-3-5-14(6-4-13)17(21)22/h3-10H,2,11-12H2,1H3,(H,21,22)(H2,19,20,23). The molecule has 2 amide bonds. The Hall–Kier alpha value is -3.22.